The van der Waals surface area contributed by atoms with E-state index in [4.69, 9.17) is 16.9 Å². The number of allylic oxidation sites excluding steroid dienone is 1. The van der Waals surface area contributed by atoms with Gasteiger partial charge in [-0.1, -0.05) is 17.7 Å². The van der Waals surface area contributed by atoms with Crippen LogP contribution in [0.5, 0.6) is 0 Å². The fourth-order valence-corrected chi connectivity index (χ4v) is 1.66. The summed E-state index contributed by atoms with van der Waals surface area (Å²) < 4.78 is 0. The quantitative estimate of drug-likeness (QED) is 0.582. The van der Waals surface area contributed by atoms with Crippen LogP contribution >= 0.6 is 11.6 Å². The van der Waals surface area contributed by atoms with E-state index in [2.05, 4.69) is 11.6 Å². The van der Waals surface area contributed by atoms with Crippen LogP contribution in [0.1, 0.15) is 18.4 Å². The van der Waals surface area contributed by atoms with Crippen molar-refractivity contribution in [3.05, 3.63) is 35.5 Å². The first-order valence-corrected chi connectivity index (χ1v) is 5.45. The van der Waals surface area contributed by atoms with Gasteiger partial charge in [-0.15, -0.1) is 6.58 Å². The Kier molecular flexibility index (Phi) is 4.81. The molecule has 1 aromatic rings. The van der Waals surface area contributed by atoms with Gasteiger partial charge in [0.2, 0.25) is 0 Å². The lowest BCUT2D eigenvalue weighted by atomic mass is 10.2. The number of nitriles is 1. The second-order valence-electron chi connectivity index (χ2n) is 3.46. The van der Waals surface area contributed by atoms with Gasteiger partial charge in [0.05, 0.1) is 5.56 Å². The minimum absolute atomic E-state index is 0.422. The third-order valence-corrected chi connectivity index (χ3v) is 2.63. The summed E-state index contributed by atoms with van der Waals surface area (Å²) >= 11 is 6.07. The molecule has 16 heavy (non-hydrogen) atoms. The summed E-state index contributed by atoms with van der Waals surface area (Å²) in [4.78, 5) is 6.13. The number of hydrogen-bond donors (Lipinski definition) is 0. The Morgan fingerprint density at radius 3 is 3.06 bits per heavy atom. The molecule has 0 bridgehead atoms. The van der Waals surface area contributed by atoms with E-state index in [-0.39, 0.29) is 0 Å². The van der Waals surface area contributed by atoms with E-state index in [0.29, 0.717) is 16.4 Å². The number of pyridine rings is 1. The van der Waals surface area contributed by atoms with Crippen LogP contribution in [0.3, 0.4) is 0 Å². The number of nitrogens with zero attached hydrogens (tertiary/aromatic N) is 3. The largest absolute Gasteiger partial charge is 0.358 e. The molecule has 4 heteroatoms. The highest BCUT2D eigenvalue weighted by Crippen LogP contribution is 2.25. The van der Waals surface area contributed by atoms with Gasteiger partial charge in [-0.25, -0.2) is 4.98 Å². The standard InChI is InChI=1S/C12H14ClN3/c1-3-4-5-8-16(2)12-11(13)10(9-14)6-7-15-12/h3,6-7H,1,4-5,8H2,2H3. The van der Waals surface area contributed by atoms with Gasteiger partial charge in [0.1, 0.15) is 16.9 Å². The van der Waals surface area contributed by atoms with E-state index < -0.39 is 0 Å². The topological polar surface area (TPSA) is 39.9 Å². The smallest absolute Gasteiger partial charge is 0.148 e. The number of aromatic nitrogens is 1. The summed E-state index contributed by atoms with van der Waals surface area (Å²) in [6.45, 7) is 4.51. The Bertz CT molecular complexity index is 409. The lowest BCUT2D eigenvalue weighted by molar-refractivity contribution is 0.792. The lowest BCUT2D eigenvalue weighted by Gasteiger charge is -2.19. The highest BCUT2D eigenvalue weighted by atomic mass is 35.5. The molecule has 0 fully saturated rings. The molecule has 0 aromatic carbocycles. The van der Waals surface area contributed by atoms with Crippen molar-refractivity contribution in [3.63, 3.8) is 0 Å². The molecule has 3 nitrogen and oxygen atoms in total. The van der Waals surface area contributed by atoms with Crippen molar-refractivity contribution >= 4 is 17.4 Å². The molecule has 84 valence electrons. The first-order valence-electron chi connectivity index (χ1n) is 5.07. The molecular weight excluding hydrogens is 222 g/mol. The van der Waals surface area contributed by atoms with Gasteiger partial charge < -0.3 is 4.90 Å². The molecule has 0 saturated carbocycles. The molecule has 1 heterocycles. The predicted octanol–water partition coefficient (Wildman–Crippen LogP) is 3.01. The number of rotatable bonds is 5. The van der Waals surface area contributed by atoms with Gasteiger partial charge in [0, 0.05) is 19.8 Å². The van der Waals surface area contributed by atoms with Gasteiger partial charge in [0.15, 0.2) is 0 Å². The molecule has 0 saturated heterocycles. The van der Waals surface area contributed by atoms with E-state index >= 15 is 0 Å². The van der Waals surface area contributed by atoms with E-state index in [1.54, 1.807) is 12.3 Å². The third-order valence-electron chi connectivity index (χ3n) is 2.25. The number of halogens is 1. The van der Waals surface area contributed by atoms with Gasteiger partial charge in [-0.3, -0.25) is 0 Å². The zero-order valence-corrected chi connectivity index (χ0v) is 10.0. The number of anilines is 1. The molecule has 0 aliphatic heterocycles. The Hall–Kier alpha value is -1.53. The highest BCUT2D eigenvalue weighted by Gasteiger charge is 2.10. The van der Waals surface area contributed by atoms with Crippen molar-refractivity contribution in [1.82, 2.24) is 4.98 Å². The fraction of sp³-hybridized carbons (Fsp3) is 0.333. The summed E-state index contributed by atoms with van der Waals surface area (Å²) in [5.74, 6) is 0.657. The van der Waals surface area contributed by atoms with Crippen molar-refractivity contribution in [2.75, 3.05) is 18.5 Å². The molecule has 1 aromatic heterocycles. The Morgan fingerprint density at radius 1 is 1.69 bits per heavy atom. The van der Waals surface area contributed by atoms with Crippen molar-refractivity contribution in [2.24, 2.45) is 0 Å². The Balaban J connectivity index is 2.79. The van der Waals surface area contributed by atoms with Crippen molar-refractivity contribution in [1.29, 1.82) is 5.26 Å². The maximum atomic E-state index is 8.84. The second kappa shape index (κ2) is 6.14. The summed E-state index contributed by atoms with van der Waals surface area (Å²) in [6, 6.07) is 3.66. The molecule has 1 rings (SSSR count). The van der Waals surface area contributed by atoms with Crippen molar-refractivity contribution < 1.29 is 0 Å². The van der Waals surface area contributed by atoms with Crippen LogP contribution in [-0.4, -0.2) is 18.6 Å². The molecule has 0 atom stereocenters. The van der Waals surface area contributed by atoms with Gasteiger partial charge >= 0.3 is 0 Å². The molecule has 0 spiro atoms. The van der Waals surface area contributed by atoms with Gasteiger partial charge in [0.25, 0.3) is 0 Å². The Labute approximate surface area is 101 Å². The van der Waals surface area contributed by atoms with Crippen LogP contribution in [0.4, 0.5) is 5.82 Å². The summed E-state index contributed by atoms with van der Waals surface area (Å²) in [5, 5.41) is 9.27. The highest BCUT2D eigenvalue weighted by molar-refractivity contribution is 6.34. The van der Waals surface area contributed by atoms with Gasteiger partial charge in [-0.05, 0) is 18.9 Å². The van der Waals surface area contributed by atoms with E-state index in [9.17, 15) is 0 Å². The third kappa shape index (κ3) is 2.98. The molecule has 0 amide bonds. The van der Waals surface area contributed by atoms with E-state index in [1.807, 2.05) is 24.1 Å². The van der Waals surface area contributed by atoms with Crippen LogP contribution in [0.15, 0.2) is 24.9 Å². The molecular formula is C12H14ClN3. The van der Waals surface area contributed by atoms with Crippen LogP contribution in [-0.2, 0) is 0 Å². The van der Waals surface area contributed by atoms with Gasteiger partial charge in [-0.2, -0.15) is 5.26 Å². The average molecular weight is 236 g/mol. The minimum Gasteiger partial charge on any atom is -0.358 e. The summed E-state index contributed by atoms with van der Waals surface area (Å²) in [6.07, 6.45) is 5.44. The van der Waals surface area contributed by atoms with E-state index in [0.717, 1.165) is 19.4 Å². The van der Waals surface area contributed by atoms with Crippen molar-refractivity contribution in [3.8, 4) is 6.07 Å². The predicted molar refractivity (Wildman–Crippen MR) is 66.7 cm³/mol. The lowest BCUT2D eigenvalue weighted by Crippen LogP contribution is -2.20. The normalized spacial score (nSPS) is 9.56. The van der Waals surface area contributed by atoms with Crippen molar-refractivity contribution in [2.45, 2.75) is 12.8 Å². The molecule has 0 aliphatic rings. The maximum Gasteiger partial charge on any atom is 0.148 e. The zero-order valence-electron chi connectivity index (χ0n) is 9.28. The fourth-order valence-electron chi connectivity index (χ4n) is 1.36. The van der Waals surface area contributed by atoms with E-state index in [1.165, 1.54) is 0 Å². The SMILES string of the molecule is C=CCCCN(C)c1nccc(C#N)c1Cl. The van der Waals surface area contributed by atoms with Crippen LogP contribution in [0, 0.1) is 11.3 Å². The number of hydrogen-bond acceptors (Lipinski definition) is 3. The zero-order chi connectivity index (χ0) is 12.0. The second-order valence-corrected chi connectivity index (χ2v) is 3.84. The first-order chi connectivity index (χ1) is 7.70. The molecule has 0 aliphatic carbocycles. The molecule has 0 N–H and O–H groups in total. The first kappa shape index (κ1) is 12.5. The molecule has 0 unspecified atom stereocenters. The van der Waals surface area contributed by atoms with Crippen LogP contribution < -0.4 is 4.90 Å². The summed E-state index contributed by atoms with van der Waals surface area (Å²) in [7, 11) is 1.92. The van der Waals surface area contributed by atoms with Crippen LogP contribution in [0.2, 0.25) is 5.02 Å². The summed E-state index contributed by atoms with van der Waals surface area (Å²) in [5.41, 5.74) is 0.460. The Morgan fingerprint density at radius 2 is 2.44 bits per heavy atom. The van der Waals surface area contributed by atoms with Crippen LogP contribution in [0.25, 0.3) is 0 Å². The molecule has 0 radical (unpaired) electrons. The number of unbranched alkanes of at least 4 members (excludes halogenated alkanes) is 1. The average Bonchev–Trinajstić information content (AvgIpc) is 2.29. The monoisotopic (exact) mass is 235 g/mol. The minimum atomic E-state index is 0.422. The maximum absolute atomic E-state index is 8.84.